The molecule has 0 spiro atoms. The van der Waals surface area contributed by atoms with Crippen LogP contribution in [0.5, 0.6) is 0 Å². The molecular formula is C14H14F2N4O2S2. The molecule has 0 saturated heterocycles. The predicted molar refractivity (Wildman–Crippen MR) is 86.9 cm³/mol. The Hall–Kier alpha value is -2.07. The smallest absolute Gasteiger partial charge is 0.275 e. The second-order valence-corrected chi connectivity index (χ2v) is 8.26. The number of sulfonamides is 1. The molecule has 128 valence electrons. The van der Waals surface area contributed by atoms with Gasteiger partial charge in [-0.1, -0.05) is 25.2 Å². The third kappa shape index (κ3) is 2.86. The number of halogens is 2. The van der Waals surface area contributed by atoms with E-state index >= 15 is 0 Å². The van der Waals surface area contributed by atoms with Crippen LogP contribution < -0.4 is 4.72 Å². The number of anilines is 1. The van der Waals surface area contributed by atoms with Crippen LogP contribution in [0.15, 0.2) is 23.2 Å². The molecule has 0 fully saturated rings. The molecule has 0 aliphatic carbocycles. The number of nitrogens with one attached hydrogen (secondary N) is 1. The van der Waals surface area contributed by atoms with Gasteiger partial charge in [0, 0.05) is 6.07 Å². The van der Waals surface area contributed by atoms with Crippen molar-refractivity contribution in [2.45, 2.75) is 31.7 Å². The lowest BCUT2D eigenvalue weighted by Gasteiger charge is -2.10. The molecule has 0 radical (unpaired) electrons. The molecule has 6 nitrogen and oxygen atoms in total. The summed E-state index contributed by atoms with van der Waals surface area (Å²) in [6, 6.07) is 2.62. The number of nitrogens with zero attached hydrogens (tertiary/aromatic N) is 3. The van der Waals surface area contributed by atoms with Crippen molar-refractivity contribution in [2.24, 2.45) is 0 Å². The predicted octanol–water partition coefficient (Wildman–Crippen LogP) is 3.30. The summed E-state index contributed by atoms with van der Waals surface area (Å²) in [4.78, 5) is 4.76. The molecule has 0 atom stereocenters. The minimum atomic E-state index is -4.16. The Morgan fingerprint density at radius 3 is 2.62 bits per heavy atom. The van der Waals surface area contributed by atoms with E-state index in [2.05, 4.69) is 14.8 Å². The van der Waals surface area contributed by atoms with Crippen molar-refractivity contribution in [2.75, 3.05) is 4.72 Å². The van der Waals surface area contributed by atoms with Crippen molar-refractivity contribution < 1.29 is 17.2 Å². The zero-order valence-electron chi connectivity index (χ0n) is 13.0. The van der Waals surface area contributed by atoms with Crippen LogP contribution >= 0.6 is 11.3 Å². The van der Waals surface area contributed by atoms with E-state index in [0.29, 0.717) is 21.7 Å². The van der Waals surface area contributed by atoms with E-state index in [1.165, 1.54) is 15.9 Å². The molecule has 0 unspecified atom stereocenters. The number of rotatable bonds is 4. The minimum absolute atomic E-state index is 0.138. The quantitative estimate of drug-likeness (QED) is 0.762. The van der Waals surface area contributed by atoms with Gasteiger partial charge in [-0.25, -0.2) is 13.8 Å². The van der Waals surface area contributed by atoms with Crippen LogP contribution in [-0.2, 0) is 10.0 Å². The van der Waals surface area contributed by atoms with Crippen LogP contribution in [0.25, 0.3) is 4.96 Å². The van der Waals surface area contributed by atoms with Crippen molar-refractivity contribution >= 4 is 32.0 Å². The fourth-order valence-electron chi connectivity index (χ4n) is 2.23. The van der Waals surface area contributed by atoms with Gasteiger partial charge in [0.05, 0.1) is 11.4 Å². The van der Waals surface area contributed by atoms with Gasteiger partial charge in [0.1, 0.15) is 16.6 Å². The van der Waals surface area contributed by atoms with Crippen LogP contribution in [0.4, 0.5) is 14.5 Å². The number of aromatic nitrogens is 3. The summed E-state index contributed by atoms with van der Waals surface area (Å²) in [5, 5.41) is 4.67. The van der Waals surface area contributed by atoms with Crippen molar-refractivity contribution in [3.8, 4) is 0 Å². The summed E-state index contributed by atoms with van der Waals surface area (Å²) < 4.78 is 55.7. The SMILES string of the molecule is Cc1nn2c(S(=O)(=O)Nc3ccc(F)cc3F)c(C(C)C)nc2s1. The van der Waals surface area contributed by atoms with Gasteiger partial charge in [-0.05, 0) is 25.0 Å². The normalized spacial score (nSPS) is 12.2. The van der Waals surface area contributed by atoms with Crippen LogP contribution in [0.1, 0.15) is 30.5 Å². The largest absolute Gasteiger partial charge is 0.281 e. The van der Waals surface area contributed by atoms with Crippen LogP contribution in [0, 0.1) is 18.6 Å². The molecule has 3 aromatic rings. The summed E-state index contributed by atoms with van der Waals surface area (Å²) in [6.45, 7) is 5.34. The molecule has 0 bridgehead atoms. The molecule has 2 aromatic heterocycles. The minimum Gasteiger partial charge on any atom is -0.275 e. The van der Waals surface area contributed by atoms with Gasteiger partial charge in [0.15, 0.2) is 0 Å². The summed E-state index contributed by atoms with van der Waals surface area (Å²) in [7, 11) is -4.16. The molecule has 2 heterocycles. The zero-order chi connectivity index (χ0) is 17.6. The van der Waals surface area contributed by atoms with E-state index in [9.17, 15) is 17.2 Å². The number of hydrogen-bond acceptors (Lipinski definition) is 5. The standard InChI is InChI=1S/C14H14F2N4O2S2/c1-7(2)12-13(20-14(17-12)23-8(3)18-20)24(21,22)19-11-5-4-9(15)6-10(11)16/h4-7,19H,1-3H3. The van der Waals surface area contributed by atoms with E-state index in [0.717, 1.165) is 12.1 Å². The molecular weight excluding hydrogens is 358 g/mol. The first-order chi connectivity index (χ1) is 11.2. The van der Waals surface area contributed by atoms with Crippen LogP contribution in [0.3, 0.4) is 0 Å². The number of hydrogen-bond donors (Lipinski definition) is 1. The molecule has 3 rings (SSSR count). The first-order valence-electron chi connectivity index (χ1n) is 7.03. The van der Waals surface area contributed by atoms with Gasteiger partial charge < -0.3 is 0 Å². The first kappa shape index (κ1) is 16.8. The topological polar surface area (TPSA) is 76.4 Å². The molecule has 24 heavy (non-hydrogen) atoms. The Labute approximate surface area is 141 Å². The first-order valence-corrected chi connectivity index (χ1v) is 9.33. The van der Waals surface area contributed by atoms with E-state index in [1.54, 1.807) is 20.8 Å². The van der Waals surface area contributed by atoms with Crippen molar-refractivity contribution in [3.05, 3.63) is 40.5 Å². The summed E-state index contributed by atoms with van der Waals surface area (Å²) in [6.07, 6.45) is 0. The maximum Gasteiger partial charge on any atom is 0.281 e. The fraction of sp³-hybridized carbons (Fsp3) is 0.286. The number of aryl methyl sites for hydroxylation is 1. The average molecular weight is 372 g/mol. The van der Waals surface area contributed by atoms with Gasteiger partial charge in [-0.3, -0.25) is 4.72 Å². The van der Waals surface area contributed by atoms with Gasteiger partial charge in [0.2, 0.25) is 9.99 Å². The second-order valence-electron chi connectivity index (χ2n) is 5.50. The van der Waals surface area contributed by atoms with Gasteiger partial charge in [-0.2, -0.15) is 18.0 Å². The lowest BCUT2D eigenvalue weighted by molar-refractivity contribution is 0.579. The number of fused-ring (bicyclic) bond motifs is 1. The number of benzene rings is 1. The van der Waals surface area contributed by atoms with Crippen molar-refractivity contribution in [1.29, 1.82) is 0 Å². The number of imidazole rings is 1. The molecule has 1 N–H and O–H groups in total. The third-order valence-electron chi connectivity index (χ3n) is 3.27. The molecule has 10 heteroatoms. The Bertz CT molecular complexity index is 1020. The second kappa shape index (κ2) is 5.78. The van der Waals surface area contributed by atoms with Gasteiger partial charge >= 0.3 is 0 Å². The Morgan fingerprint density at radius 2 is 2.00 bits per heavy atom. The van der Waals surface area contributed by atoms with E-state index in [1.807, 2.05) is 0 Å². The maximum absolute atomic E-state index is 13.8. The molecule has 0 saturated carbocycles. The van der Waals surface area contributed by atoms with Crippen LogP contribution in [-0.4, -0.2) is 23.0 Å². The molecule has 0 aliphatic rings. The Kier molecular flexibility index (Phi) is 4.04. The highest BCUT2D eigenvalue weighted by molar-refractivity contribution is 7.92. The third-order valence-corrected chi connectivity index (χ3v) is 5.47. The Balaban J connectivity index is 2.15. The monoisotopic (exact) mass is 372 g/mol. The van der Waals surface area contributed by atoms with E-state index < -0.39 is 21.7 Å². The molecule has 0 aliphatic heterocycles. The lowest BCUT2D eigenvalue weighted by Crippen LogP contribution is -2.18. The van der Waals surface area contributed by atoms with E-state index in [-0.39, 0.29) is 16.6 Å². The maximum atomic E-state index is 13.8. The highest BCUT2D eigenvalue weighted by atomic mass is 32.2. The fourth-order valence-corrected chi connectivity index (χ4v) is 4.50. The summed E-state index contributed by atoms with van der Waals surface area (Å²) in [5.41, 5.74) is -0.00298. The van der Waals surface area contributed by atoms with Crippen molar-refractivity contribution in [1.82, 2.24) is 14.6 Å². The lowest BCUT2D eigenvalue weighted by atomic mass is 10.2. The Morgan fingerprint density at radius 1 is 1.29 bits per heavy atom. The summed E-state index contributed by atoms with van der Waals surface area (Å²) >= 11 is 1.26. The summed E-state index contributed by atoms with van der Waals surface area (Å²) in [5.74, 6) is -1.97. The molecule has 1 aromatic carbocycles. The van der Waals surface area contributed by atoms with E-state index in [4.69, 9.17) is 0 Å². The zero-order valence-corrected chi connectivity index (χ0v) is 14.7. The average Bonchev–Trinajstić information content (AvgIpc) is 2.97. The molecule has 0 amide bonds. The highest BCUT2D eigenvalue weighted by Crippen LogP contribution is 2.29. The van der Waals surface area contributed by atoms with Crippen molar-refractivity contribution in [3.63, 3.8) is 0 Å². The van der Waals surface area contributed by atoms with Gasteiger partial charge in [0.25, 0.3) is 10.0 Å². The highest BCUT2D eigenvalue weighted by Gasteiger charge is 2.29. The van der Waals surface area contributed by atoms with Gasteiger partial charge in [-0.15, -0.1) is 0 Å². The van der Waals surface area contributed by atoms with Crippen LogP contribution in [0.2, 0.25) is 0 Å².